The predicted molar refractivity (Wildman–Crippen MR) is 102 cm³/mol. The van der Waals surface area contributed by atoms with Crippen LogP contribution in [0.2, 0.25) is 0 Å². The molecule has 26 heavy (non-hydrogen) atoms. The second kappa shape index (κ2) is 7.16. The minimum Gasteiger partial charge on any atom is -0.497 e. The summed E-state index contributed by atoms with van der Waals surface area (Å²) >= 11 is 0. The molecule has 0 unspecified atom stereocenters. The molecule has 2 aromatic heterocycles. The lowest BCUT2D eigenvalue weighted by Gasteiger charge is -2.10. The van der Waals surface area contributed by atoms with Crippen molar-refractivity contribution in [3.05, 3.63) is 76.9 Å². The molecule has 0 spiro atoms. The average molecular weight is 349 g/mol. The summed E-state index contributed by atoms with van der Waals surface area (Å²) in [5, 5.41) is 0. The second-order valence-electron chi connectivity index (χ2n) is 6.65. The molecule has 0 N–H and O–H groups in total. The van der Waals surface area contributed by atoms with Crippen LogP contribution in [0.5, 0.6) is 5.75 Å². The molecule has 0 amide bonds. The first-order chi connectivity index (χ1) is 12.4. The Balaban J connectivity index is 1.94. The largest absolute Gasteiger partial charge is 0.497 e. The van der Waals surface area contributed by atoms with Crippen molar-refractivity contribution < 1.29 is 14.1 Å². The highest BCUT2D eigenvalue weighted by Crippen LogP contribution is 2.23. The molecule has 0 saturated carbocycles. The number of hydrogen-bond acceptors (Lipinski definition) is 2. The third-order valence-corrected chi connectivity index (χ3v) is 4.99. The van der Waals surface area contributed by atoms with E-state index in [1.165, 1.54) is 5.56 Å². The van der Waals surface area contributed by atoms with Crippen LogP contribution in [-0.2, 0) is 6.54 Å². The van der Waals surface area contributed by atoms with Crippen molar-refractivity contribution in [3.8, 4) is 11.4 Å². The Labute approximate surface area is 154 Å². The van der Waals surface area contributed by atoms with Gasteiger partial charge in [-0.25, -0.2) is 0 Å². The maximum atomic E-state index is 12.9. The van der Waals surface area contributed by atoms with E-state index < -0.39 is 0 Å². The van der Waals surface area contributed by atoms with E-state index in [-0.39, 0.29) is 5.78 Å². The van der Waals surface area contributed by atoms with Gasteiger partial charge in [0, 0.05) is 41.2 Å². The Morgan fingerprint density at radius 1 is 1.08 bits per heavy atom. The first-order valence-electron chi connectivity index (χ1n) is 8.74. The van der Waals surface area contributed by atoms with Crippen molar-refractivity contribution in [1.82, 2.24) is 4.57 Å². The molecule has 0 bridgehead atoms. The minimum absolute atomic E-state index is 0.122. The van der Waals surface area contributed by atoms with Crippen molar-refractivity contribution in [3.63, 3.8) is 0 Å². The highest BCUT2D eigenvalue weighted by Gasteiger charge is 2.21. The number of aryl methyl sites for hydroxylation is 2. The van der Waals surface area contributed by atoms with E-state index in [0.717, 1.165) is 34.1 Å². The molecule has 0 radical (unpaired) electrons. The third-order valence-electron chi connectivity index (χ3n) is 4.99. The van der Waals surface area contributed by atoms with Crippen LogP contribution in [0.1, 0.15) is 33.0 Å². The Morgan fingerprint density at radius 2 is 1.77 bits per heavy atom. The van der Waals surface area contributed by atoms with Gasteiger partial charge in [-0.2, -0.15) is 4.57 Å². The Hall–Kier alpha value is -2.88. The average Bonchev–Trinajstić information content (AvgIpc) is 2.93. The van der Waals surface area contributed by atoms with Gasteiger partial charge in [-0.05, 0) is 57.2 Å². The molecule has 0 saturated heterocycles. The minimum atomic E-state index is 0.122. The van der Waals surface area contributed by atoms with Gasteiger partial charge in [0.1, 0.15) is 5.75 Å². The lowest BCUT2D eigenvalue weighted by atomic mass is 10.1. The number of aromatic nitrogens is 2. The number of ketones is 1. The van der Waals surface area contributed by atoms with Crippen LogP contribution in [0.25, 0.3) is 5.69 Å². The highest BCUT2D eigenvalue weighted by atomic mass is 16.5. The number of benzene rings is 1. The Kier molecular flexibility index (Phi) is 4.94. The number of hydrogen-bond donors (Lipinski definition) is 0. The molecule has 0 aliphatic rings. The van der Waals surface area contributed by atoms with Gasteiger partial charge in [0.15, 0.2) is 11.9 Å². The molecular weight excluding hydrogens is 324 g/mol. The van der Waals surface area contributed by atoms with Gasteiger partial charge in [-0.15, -0.1) is 0 Å². The van der Waals surface area contributed by atoms with E-state index >= 15 is 0 Å². The third kappa shape index (κ3) is 3.27. The van der Waals surface area contributed by atoms with Crippen molar-refractivity contribution in [2.24, 2.45) is 0 Å². The molecule has 2 heterocycles. The fourth-order valence-electron chi connectivity index (χ4n) is 3.34. The van der Waals surface area contributed by atoms with Crippen LogP contribution in [0, 0.1) is 27.7 Å². The zero-order valence-electron chi connectivity index (χ0n) is 16.0. The standard InChI is InChI=1S/C22H25N2O2/c1-15-7-6-12-23(17(15)3)14-22(25)21-13-16(2)24(18(21)4)19-8-10-20(26-5)11-9-19/h6-13H,14H2,1-5H3/q+1. The lowest BCUT2D eigenvalue weighted by Crippen LogP contribution is -2.41. The number of pyridine rings is 1. The smallest absolute Gasteiger partial charge is 0.229 e. The Morgan fingerprint density at radius 3 is 2.42 bits per heavy atom. The van der Waals surface area contributed by atoms with Gasteiger partial charge in [-0.1, -0.05) is 0 Å². The summed E-state index contributed by atoms with van der Waals surface area (Å²) in [6.07, 6.45) is 1.96. The summed E-state index contributed by atoms with van der Waals surface area (Å²) in [6, 6.07) is 13.9. The van der Waals surface area contributed by atoms with Crippen LogP contribution >= 0.6 is 0 Å². The zero-order valence-corrected chi connectivity index (χ0v) is 16.0. The molecule has 0 aliphatic carbocycles. The van der Waals surface area contributed by atoms with Crippen LogP contribution in [0.15, 0.2) is 48.7 Å². The highest BCUT2D eigenvalue weighted by molar-refractivity contribution is 5.96. The number of rotatable bonds is 5. The molecule has 0 fully saturated rings. The summed E-state index contributed by atoms with van der Waals surface area (Å²) in [7, 11) is 1.66. The molecule has 3 aromatic rings. The quantitative estimate of drug-likeness (QED) is 0.517. The van der Waals surface area contributed by atoms with Crippen LogP contribution in [0.3, 0.4) is 0 Å². The number of ether oxygens (including phenoxy) is 1. The topological polar surface area (TPSA) is 35.1 Å². The molecule has 0 atom stereocenters. The van der Waals surface area contributed by atoms with Gasteiger partial charge in [0.05, 0.1) is 7.11 Å². The van der Waals surface area contributed by atoms with E-state index in [0.29, 0.717) is 6.54 Å². The first-order valence-corrected chi connectivity index (χ1v) is 8.74. The van der Waals surface area contributed by atoms with Gasteiger partial charge in [0.25, 0.3) is 0 Å². The van der Waals surface area contributed by atoms with Gasteiger partial charge < -0.3 is 9.30 Å². The maximum Gasteiger partial charge on any atom is 0.229 e. The second-order valence-corrected chi connectivity index (χ2v) is 6.65. The summed E-state index contributed by atoms with van der Waals surface area (Å²) in [5.74, 6) is 0.940. The number of methoxy groups -OCH3 is 1. The monoisotopic (exact) mass is 349 g/mol. The molecule has 4 heteroatoms. The zero-order chi connectivity index (χ0) is 18.8. The van der Waals surface area contributed by atoms with E-state index in [1.807, 2.05) is 67.9 Å². The van der Waals surface area contributed by atoms with Crippen molar-refractivity contribution in [1.29, 1.82) is 0 Å². The van der Waals surface area contributed by atoms with E-state index in [1.54, 1.807) is 7.11 Å². The Bertz CT molecular complexity index is 953. The predicted octanol–water partition coefficient (Wildman–Crippen LogP) is 3.89. The van der Waals surface area contributed by atoms with Crippen molar-refractivity contribution in [2.45, 2.75) is 34.2 Å². The van der Waals surface area contributed by atoms with Gasteiger partial charge >= 0.3 is 0 Å². The van der Waals surface area contributed by atoms with Gasteiger partial charge in [0.2, 0.25) is 12.3 Å². The normalized spacial score (nSPS) is 10.8. The SMILES string of the molecule is COc1ccc(-n2c(C)cc(C(=O)C[n+]3cccc(C)c3C)c2C)cc1. The molecule has 4 nitrogen and oxygen atoms in total. The van der Waals surface area contributed by atoms with Crippen molar-refractivity contribution in [2.75, 3.05) is 7.11 Å². The molecular formula is C22H25N2O2+. The summed E-state index contributed by atoms with van der Waals surface area (Å²) < 4.78 is 9.35. The fourth-order valence-corrected chi connectivity index (χ4v) is 3.34. The molecule has 134 valence electrons. The first kappa shape index (κ1) is 17.9. The van der Waals surface area contributed by atoms with E-state index in [2.05, 4.69) is 17.6 Å². The summed E-state index contributed by atoms with van der Waals surface area (Å²) in [6.45, 7) is 8.48. The number of carbonyl (C=O) groups excluding carboxylic acids is 1. The van der Waals surface area contributed by atoms with E-state index in [9.17, 15) is 4.79 Å². The molecule has 3 rings (SSSR count). The van der Waals surface area contributed by atoms with Crippen molar-refractivity contribution >= 4 is 5.78 Å². The summed E-state index contributed by atoms with van der Waals surface area (Å²) in [4.78, 5) is 12.9. The number of nitrogens with zero attached hydrogens (tertiary/aromatic N) is 2. The number of carbonyl (C=O) groups is 1. The van der Waals surface area contributed by atoms with E-state index in [4.69, 9.17) is 4.74 Å². The lowest BCUT2D eigenvalue weighted by molar-refractivity contribution is -0.689. The number of Topliss-reactive ketones (excluding diaryl/α,β-unsaturated/α-hetero) is 1. The van der Waals surface area contributed by atoms with Crippen LogP contribution in [-0.4, -0.2) is 17.5 Å². The summed E-state index contributed by atoms with van der Waals surface area (Å²) in [5.41, 5.74) is 6.10. The fraction of sp³-hybridized carbons (Fsp3) is 0.273. The molecule has 1 aromatic carbocycles. The molecule has 0 aliphatic heterocycles. The maximum absolute atomic E-state index is 12.9. The van der Waals surface area contributed by atoms with Crippen LogP contribution < -0.4 is 9.30 Å². The van der Waals surface area contributed by atoms with Gasteiger partial charge in [-0.3, -0.25) is 4.79 Å². The van der Waals surface area contributed by atoms with Crippen LogP contribution in [0.4, 0.5) is 0 Å².